The molecule has 2 aromatic heterocycles. The van der Waals surface area contributed by atoms with Gasteiger partial charge in [0, 0.05) is 23.8 Å². The van der Waals surface area contributed by atoms with Crippen molar-refractivity contribution in [3.63, 3.8) is 0 Å². The summed E-state index contributed by atoms with van der Waals surface area (Å²) in [6.45, 7) is 1.96. The van der Waals surface area contributed by atoms with Crippen molar-refractivity contribution in [2.45, 2.75) is 13.5 Å². The predicted molar refractivity (Wildman–Crippen MR) is 85.8 cm³/mol. The Hall–Kier alpha value is -2.95. The van der Waals surface area contributed by atoms with Gasteiger partial charge in [0.2, 0.25) is 5.91 Å². The fraction of sp³-hybridized carbons (Fsp3) is 0.118. The highest BCUT2D eigenvalue weighted by atomic mass is 16.2. The van der Waals surface area contributed by atoms with E-state index in [4.69, 9.17) is 0 Å². The van der Waals surface area contributed by atoms with Crippen molar-refractivity contribution in [3.8, 4) is 0 Å². The Kier molecular flexibility index (Phi) is 3.70. The Balaban J connectivity index is 1.88. The molecule has 0 saturated carbocycles. The molecule has 1 N–H and O–H groups in total. The molecule has 0 unspecified atom stereocenters. The van der Waals surface area contributed by atoms with Crippen LogP contribution >= 0.6 is 0 Å². The zero-order valence-corrected chi connectivity index (χ0v) is 12.1. The standard InChI is InChI=1S/C17H15N3O2/c1-12-7-8-14(13-5-4-9-18-17(12)13)19-15(21)11-20-10-3-2-6-16(20)22/h2-10H,11H2,1H3,(H,19,21). The van der Waals surface area contributed by atoms with Gasteiger partial charge in [-0.2, -0.15) is 0 Å². The SMILES string of the molecule is Cc1ccc(NC(=O)Cn2ccccc2=O)c2cccnc12. The molecular formula is C17H15N3O2. The summed E-state index contributed by atoms with van der Waals surface area (Å²) in [6.07, 6.45) is 3.32. The van der Waals surface area contributed by atoms with E-state index >= 15 is 0 Å². The fourth-order valence-corrected chi connectivity index (χ4v) is 2.36. The molecular weight excluding hydrogens is 278 g/mol. The van der Waals surface area contributed by atoms with Gasteiger partial charge >= 0.3 is 0 Å². The average molecular weight is 293 g/mol. The van der Waals surface area contributed by atoms with Crippen LogP contribution in [0.1, 0.15) is 5.56 Å². The quantitative estimate of drug-likeness (QED) is 0.806. The molecule has 1 amide bonds. The number of pyridine rings is 2. The van der Waals surface area contributed by atoms with Crippen LogP contribution in [0.15, 0.2) is 59.7 Å². The summed E-state index contributed by atoms with van der Waals surface area (Å²) < 4.78 is 1.37. The molecule has 110 valence electrons. The molecule has 0 radical (unpaired) electrons. The smallest absolute Gasteiger partial charge is 0.250 e. The maximum atomic E-state index is 12.2. The molecule has 0 saturated heterocycles. The van der Waals surface area contributed by atoms with Gasteiger partial charge in [-0.3, -0.25) is 14.6 Å². The highest BCUT2D eigenvalue weighted by Crippen LogP contribution is 2.24. The minimum atomic E-state index is -0.248. The number of aromatic nitrogens is 2. The third-order valence-electron chi connectivity index (χ3n) is 3.46. The predicted octanol–water partition coefficient (Wildman–Crippen LogP) is 2.34. The van der Waals surface area contributed by atoms with Crippen LogP contribution in [-0.2, 0) is 11.3 Å². The van der Waals surface area contributed by atoms with E-state index in [1.165, 1.54) is 10.6 Å². The minimum Gasteiger partial charge on any atom is -0.324 e. The van der Waals surface area contributed by atoms with Gasteiger partial charge in [0.05, 0.1) is 11.2 Å². The number of carbonyl (C=O) groups excluding carboxylic acids is 1. The lowest BCUT2D eigenvalue weighted by Crippen LogP contribution is -2.26. The molecule has 5 nitrogen and oxygen atoms in total. The summed E-state index contributed by atoms with van der Waals surface area (Å²) in [5, 5.41) is 3.73. The number of anilines is 1. The maximum Gasteiger partial charge on any atom is 0.250 e. The molecule has 0 bridgehead atoms. The number of hydrogen-bond donors (Lipinski definition) is 1. The second kappa shape index (κ2) is 5.81. The van der Waals surface area contributed by atoms with E-state index in [0.717, 1.165) is 16.5 Å². The molecule has 0 spiro atoms. The molecule has 0 atom stereocenters. The van der Waals surface area contributed by atoms with E-state index in [0.29, 0.717) is 5.69 Å². The topological polar surface area (TPSA) is 64.0 Å². The summed E-state index contributed by atoms with van der Waals surface area (Å²) >= 11 is 0. The Labute approximate surface area is 127 Å². The van der Waals surface area contributed by atoms with E-state index in [9.17, 15) is 9.59 Å². The van der Waals surface area contributed by atoms with Gasteiger partial charge in [-0.1, -0.05) is 12.1 Å². The molecule has 0 aliphatic rings. The zero-order valence-electron chi connectivity index (χ0n) is 12.1. The fourth-order valence-electron chi connectivity index (χ4n) is 2.36. The van der Waals surface area contributed by atoms with Crippen molar-refractivity contribution in [2.75, 3.05) is 5.32 Å². The number of nitrogens with zero attached hydrogens (tertiary/aromatic N) is 2. The third kappa shape index (κ3) is 2.74. The molecule has 1 aromatic carbocycles. The monoisotopic (exact) mass is 293 g/mol. The van der Waals surface area contributed by atoms with Gasteiger partial charge in [0.25, 0.3) is 5.56 Å². The highest BCUT2D eigenvalue weighted by Gasteiger charge is 2.09. The number of fused-ring (bicyclic) bond motifs is 1. The Morgan fingerprint density at radius 2 is 2.05 bits per heavy atom. The first-order valence-electron chi connectivity index (χ1n) is 6.95. The lowest BCUT2D eigenvalue weighted by atomic mass is 10.1. The summed E-state index contributed by atoms with van der Waals surface area (Å²) in [7, 11) is 0. The number of amides is 1. The van der Waals surface area contributed by atoms with Crippen LogP contribution < -0.4 is 10.9 Å². The molecule has 3 aromatic rings. The van der Waals surface area contributed by atoms with Crippen molar-refractivity contribution in [1.29, 1.82) is 0 Å². The van der Waals surface area contributed by atoms with Crippen molar-refractivity contribution >= 4 is 22.5 Å². The normalized spacial score (nSPS) is 10.6. The van der Waals surface area contributed by atoms with Gasteiger partial charge in [0.15, 0.2) is 0 Å². The Bertz CT molecular complexity index is 900. The van der Waals surface area contributed by atoms with E-state index < -0.39 is 0 Å². The van der Waals surface area contributed by atoms with Crippen molar-refractivity contribution in [1.82, 2.24) is 9.55 Å². The van der Waals surface area contributed by atoms with Crippen LogP contribution in [0.2, 0.25) is 0 Å². The summed E-state index contributed by atoms with van der Waals surface area (Å²) in [6, 6.07) is 12.3. The Morgan fingerprint density at radius 1 is 1.18 bits per heavy atom. The van der Waals surface area contributed by atoms with E-state index in [1.54, 1.807) is 24.5 Å². The lowest BCUT2D eigenvalue weighted by molar-refractivity contribution is -0.116. The largest absolute Gasteiger partial charge is 0.324 e. The molecule has 22 heavy (non-hydrogen) atoms. The maximum absolute atomic E-state index is 12.2. The van der Waals surface area contributed by atoms with E-state index in [2.05, 4.69) is 10.3 Å². The second-order valence-corrected chi connectivity index (χ2v) is 5.04. The van der Waals surface area contributed by atoms with Crippen LogP contribution in [0.3, 0.4) is 0 Å². The number of nitrogens with one attached hydrogen (secondary N) is 1. The third-order valence-corrected chi connectivity index (χ3v) is 3.46. The minimum absolute atomic E-state index is 0.0185. The van der Waals surface area contributed by atoms with Crippen LogP contribution in [0.5, 0.6) is 0 Å². The second-order valence-electron chi connectivity index (χ2n) is 5.04. The summed E-state index contributed by atoms with van der Waals surface area (Å²) in [5.41, 5.74) is 2.40. The highest BCUT2D eigenvalue weighted by molar-refractivity contribution is 6.01. The lowest BCUT2D eigenvalue weighted by Gasteiger charge is -2.10. The van der Waals surface area contributed by atoms with Crippen LogP contribution in [0, 0.1) is 6.92 Å². The zero-order chi connectivity index (χ0) is 15.5. The Morgan fingerprint density at radius 3 is 2.86 bits per heavy atom. The van der Waals surface area contributed by atoms with E-state index in [-0.39, 0.29) is 18.0 Å². The van der Waals surface area contributed by atoms with Gasteiger partial charge < -0.3 is 9.88 Å². The van der Waals surface area contributed by atoms with Gasteiger partial charge in [-0.15, -0.1) is 0 Å². The molecule has 0 aliphatic carbocycles. The number of benzene rings is 1. The van der Waals surface area contributed by atoms with Crippen molar-refractivity contribution < 1.29 is 4.79 Å². The first-order valence-corrected chi connectivity index (χ1v) is 6.95. The van der Waals surface area contributed by atoms with Crippen molar-refractivity contribution in [3.05, 3.63) is 70.8 Å². The summed E-state index contributed by atoms with van der Waals surface area (Å²) in [5.74, 6) is -0.248. The van der Waals surface area contributed by atoms with Crippen molar-refractivity contribution in [2.24, 2.45) is 0 Å². The first-order chi connectivity index (χ1) is 10.6. The van der Waals surface area contributed by atoms with Gasteiger partial charge in [-0.05, 0) is 36.8 Å². The molecule has 0 fully saturated rings. The molecule has 5 heteroatoms. The van der Waals surface area contributed by atoms with Crippen LogP contribution in [0.4, 0.5) is 5.69 Å². The number of aryl methyl sites for hydroxylation is 1. The van der Waals surface area contributed by atoms with Gasteiger partial charge in [-0.25, -0.2) is 0 Å². The number of rotatable bonds is 3. The van der Waals surface area contributed by atoms with E-state index in [1.807, 2.05) is 31.2 Å². The average Bonchev–Trinajstić information content (AvgIpc) is 2.53. The van der Waals surface area contributed by atoms with Gasteiger partial charge in [0.1, 0.15) is 6.54 Å². The molecule has 3 rings (SSSR count). The summed E-state index contributed by atoms with van der Waals surface area (Å²) in [4.78, 5) is 28.1. The first kappa shape index (κ1) is 14.0. The molecule has 0 aliphatic heterocycles. The molecule has 2 heterocycles. The number of hydrogen-bond acceptors (Lipinski definition) is 3. The van der Waals surface area contributed by atoms with Crippen LogP contribution in [-0.4, -0.2) is 15.5 Å². The van der Waals surface area contributed by atoms with Crippen LogP contribution in [0.25, 0.3) is 10.9 Å². The number of carbonyl (C=O) groups is 1.